The van der Waals surface area contributed by atoms with Crippen molar-refractivity contribution in [2.24, 2.45) is 5.10 Å². The molecule has 1 heterocycles. The highest BCUT2D eigenvalue weighted by Crippen LogP contribution is 2.19. The van der Waals surface area contributed by atoms with E-state index in [0.717, 1.165) is 35.8 Å². The van der Waals surface area contributed by atoms with Crippen LogP contribution in [-0.4, -0.2) is 68.5 Å². The lowest BCUT2D eigenvalue weighted by atomic mass is 10.2. The Balaban J connectivity index is 1.46. The van der Waals surface area contributed by atoms with Crippen molar-refractivity contribution < 1.29 is 18.9 Å². The van der Waals surface area contributed by atoms with E-state index < -0.39 is 11.7 Å². The first-order valence-electron chi connectivity index (χ1n) is 12.7. The number of benzene rings is 1. The number of aromatic nitrogens is 1. The Morgan fingerprint density at radius 1 is 0.974 bits per heavy atom. The van der Waals surface area contributed by atoms with E-state index in [1.165, 1.54) is 0 Å². The van der Waals surface area contributed by atoms with Gasteiger partial charge in [0.2, 0.25) is 5.91 Å². The summed E-state index contributed by atoms with van der Waals surface area (Å²) in [6, 6.07) is 14.1. The molecule has 0 aliphatic carbocycles. The number of nitrogens with zero attached hydrogens (tertiary/aromatic N) is 3. The average molecular weight is 562 g/mol. The fraction of sp³-hybridized carbons (Fsp3) is 0.481. The number of anilines is 1. The maximum absolute atomic E-state index is 12.0. The van der Waals surface area contributed by atoms with Gasteiger partial charge in [-0.05, 0) is 32.9 Å². The van der Waals surface area contributed by atoms with Gasteiger partial charge in [-0.25, -0.2) is 9.36 Å². The van der Waals surface area contributed by atoms with Crippen LogP contribution in [-0.2, 0) is 16.1 Å². The number of hydrogen-bond donors (Lipinski definition) is 3. The van der Waals surface area contributed by atoms with Crippen LogP contribution in [0, 0.1) is 0 Å². The molecule has 0 aliphatic heterocycles. The predicted octanol–water partition coefficient (Wildman–Crippen LogP) is 3.45. The number of ether oxygens (including phenoxy) is 1. The molecule has 0 saturated carbocycles. The van der Waals surface area contributed by atoms with E-state index in [1.807, 2.05) is 93.9 Å². The number of carbonyl (C=O) groups is 2. The Bertz CT molecular complexity index is 985. The van der Waals surface area contributed by atoms with Gasteiger partial charge in [0.05, 0.1) is 18.4 Å². The predicted molar refractivity (Wildman–Crippen MR) is 159 cm³/mol. The number of nitrogens with one attached hydrogen (secondary N) is 3. The van der Waals surface area contributed by atoms with Crippen LogP contribution in [0.1, 0.15) is 32.8 Å². The molecule has 9 nitrogen and oxygen atoms in total. The topological polar surface area (TPSA) is 98.9 Å². The third kappa shape index (κ3) is 14.8. The van der Waals surface area contributed by atoms with E-state index in [9.17, 15) is 9.59 Å². The smallest absolute Gasteiger partial charge is 0.407 e. The minimum atomic E-state index is -0.484. The van der Waals surface area contributed by atoms with Crippen LogP contribution in [0.4, 0.5) is 10.5 Å². The second kappa shape index (κ2) is 17.7. The molecule has 0 unspecified atom stereocenters. The molecule has 2 rings (SSSR count). The SMILES string of the molecule is CN(N=Cc1cc[n+](CCNCCC(=O)NCCSSCCNC(=O)OC(C)(C)C)cc1)c1ccccc1. The van der Waals surface area contributed by atoms with Crippen LogP contribution >= 0.6 is 21.6 Å². The van der Waals surface area contributed by atoms with E-state index in [4.69, 9.17) is 4.74 Å². The maximum Gasteiger partial charge on any atom is 0.407 e. The Kier molecular flexibility index (Phi) is 14.6. The van der Waals surface area contributed by atoms with Crippen molar-refractivity contribution in [1.82, 2.24) is 16.0 Å². The Morgan fingerprint density at radius 3 is 2.29 bits per heavy atom. The van der Waals surface area contributed by atoms with Crippen LogP contribution < -0.4 is 25.5 Å². The maximum atomic E-state index is 12.0. The third-order valence-corrected chi connectivity index (χ3v) is 7.36. The summed E-state index contributed by atoms with van der Waals surface area (Å²) in [5.74, 6) is 1.64. The monoisotopic (exact) mass is 561 g/mol. The van der Waals surface area contributed by atoms with E-state index in [0.29, 0.717) is 26.1 Å². The molecule has 2 aromatic rings. The van der Waals surface area contributed by atoms with Crippen molar-refractivity contribution in [3.8, 4) is 0 Å². The first-order valence-corrected chi connectivity index (χ1v) is 15.2. The van der Waals surface area contributed by atoms with Crippen molar-refractivity contribution in [1.29, 1.82) is 0 Å². The Morgan fingerprint density at radius 2 is 1.63 bits per heavy atom. The number of rotatable bonds is 16. The summed E-state index contributed by atoms with van der Waals surface area (Å²) >= 11 is 0. The highest BCUT2D eigenvalue weighted by molar-refractivity contribution is 8.76. The van der Waals surface area contributed by atoms with Gasteiger partial charge in [0, 0.05) is 62.3 Å². The molecule has 0 radical (unpaired) electrons. The molecule has 11 heteroatoms. The first kappa shape index (κ1) is 31.5. The van der Waals surface area contributed by atoms with Crippen LogP contribution in [0.3, 0.4) is 0 Å². The highest BCUT2D eigenvalue weighted by atomic mass is 33.1. The Labute approximate surface area is 234 Å². The van der Waals surface area contributed by atoms with E-state index >= 15 is 0 Å². The van der Waals surface area contributed by atoms with E-state index in [2.05, 4.69) is 25.6 Å². The molecule has 0 bridgehead atoms. The largest absolute Gasteiger partial charge is 0.444 e. The van der Waals surface area contributed by atoms with Gasteiger partial charge >= 0.3 is 6.09 Å². The lowest BCUT2D eigenvalue weighted by molar-refractivity contribution is -0.695. The molecule has 1 aromatic carbocycles. The summed E-state index contributed by atoms with van der Waals surface area (Å²) in [6.07, 6.45) is 5.96. The molecule has 0 saturated heterocycles. The van der Waals surface area contributed by atoms with Crippen LogP contribution in [0.2, 0.25) is 0 Å². The number of carbonyl (C=O) groups excluding carboxylic acids is 2. The average Bonchev–Trinajstić information content (AvgIpc) is 2.88. The minimum Gasteiger partial charge on any atom is -0.444 e. The van der Waals surface area contributed by atoms with Gasteiger partial charge in [-0.15, -0.1) is 0 Å². The van der Waals surface area contributed by atoms with Gasteiger partial charge < -0.3 is 20.7 Å². The summed E-state index contributed by atoms with van der Waals surface area (Å²) in [7, 11) is 5.26. The molecule has 0 aliphatic rings. The lowest BCUT2D eigenvalue weighted by Gasteiger charge is -2.19. The van der Waals surface area contributed by atoms with Crippen molar-refractivity contribution in [2.75, 3.05) is 49.7 Å². The van der Waals surface area contributed by atoms with Crippen molar-refractivity contribution >= 4 is 45.5 Å². The molecular weight excluding hydrogens is 520 g/mol. The number of hydrazone groups is 1. The number of hydrogen-bond acceptors (Lipinski definition) is 8. The molecule has 0 atom stereocenters. The summed E-state index contributed by atoms with van der Waals surface area (Å²) in [5, 5.41) is 15.3. The van der Waals surface area contributed by atoms with Gasteiger partial charge in [0.15, 0.2) is 18.9 Å². The van der Waals surface area contributed by atoms with Gasteiger partial charge in [0.25, 0.3) is 0 Å². The van der Waals surface area contributed by atoms with Gasteiger partial charge in [-0.2, -0.15) is 5.10 Å². The quantitative estimate of drug-likeness (QED) is 0.0949. The number of amides is 2. The molecule has 3 N–H and O–H groups in total. The standard InChI is InChI=1S/C27H40N6O3S2/c1-27(2,3)36-26(35)30-16-21-38-37-20-15-29-25(34)10-13-28-14-19-33-17-11-23(12-18-33)22-31-32(4)24-8-6-5-7-9-24/h5-9,11-12,17-18,22,28H,10,13-16,19-21H2,1-4H3,(H-,29,30,34,35)/p+1. The molecule has 208 valence electrons. The summed E-state index contributed by atoms with van der Waals surface area (Å²) in [6.45, 7) is 8.93. The summed E-state index contributed by atoms with van der Waals surface area (Å²) in [5.41, 5.74) is 1.58. The van der Waals surface area contributed by atoms with Crippen LogP contribution in [0.5, 0.6) is 0 Å². The second-order valence-electron chi connectivity index (χ2n) is 9.40. The van der Waals surface area contributed by atoms with Crippen LogP contribution in [0.25, 0.3) is 0 Å². The summed E-state index contributed by atoms with van der Waals surface area (Å²) in [4.78, 5) is 23.5. The zero-order valence-electron chi connectivity index (χ0n) is 22.8. The van der Waals surface area contributed by atoms with Crippen molar-refractivity contribution in [3.05, 3.63) is 60.4 Å². The number of para-hydroxylation sites is 1. The van der Waals surface area contributed by atoms with Gasteiger partial charge in [-0.1, -0.05) is 39.8 Å². The second-order valence-corrected chi connectivity index (χ2v) is 12.1. The molecular formula is C27H41N6O3S2+. The van der Waals surface area contributed by atoms with Gasteiger partial charge in [-0.3, -0.25) is 9.80 Å². The van der Waals surface area contributed by atoms with E-state index in [-0.39, 0.29) is 5.91 Å². The number of alkyl carbamates (subject to hydrolysis) is 1. The van der Waals surface area contributed by atoms with Crippen molar-refractivity contribution in [2.45, 2.75) is 39.3 Å². The third-order valence-electron chi connectivity index (χ3n) is 4.95. The minimum absolute atomic E-state index is 0.0476. The van der Waals surface area contributed by atoms with Gasteiger partial charge in [0.1, 0.15) is 5.60 Å². The Hall–Kier alpha value is -2.76. The lowest BCUT2D eigenvalue weighted by Crippen LogP contribution is -2.39. The highest BCUT2D eigenvalue weighted by Gasteiger charge is 2.15. The summed E-state index contributed by atoms with van der Waals surface area (Å²) < 4.78 is 7.28. The molecule has 2 amide bonds. The normalized spacial score (nSPS) is 11.4. The fourth-order valence-electron chi connectivity index (χ4n) is 3.05. The molecule has 38 heavy (non-hydrogen) atoms. The van der Waals surface area contributed by atoms with Crippen LogP contribution in [0.15, 0.2) is 60.0 Å². The first-order chi connectivity index (χ1) is 18.2. The zero-order valence-corrected chi connectivity index (χ0v) is 24.4. The van der Waals surface area contributed by atoms with Crippen molar-refractivity contribution in [3.63, 3.8) is 0 Å². The molecule has 0 spiro atoms. The van der Waals surface area contributed by atoms with E-state index in [1.54, 1.807) is 21.6 Å². The fourth-order valence-corrected chi connectivity index (χ4v) is 4.86. The zero-order chi connectivity index (χ0) is 27.6. The molecule has 1 aromatic heterocycles. The molecule has 0 fully saturated rings. The number of pyridine rings is 1.